The molecule has 0 aromatic heterocycles. The lowest BCUT2D eigenvalue weighted by atomic mass is 9.81. The Morgan fingerprint density at radius 1 is 1.19 bits per heavy atom. The van der Waals surface area contributed by atoms with Crippen molar-refractivity contribution in [2.24, 2.45) is 11.1 Å². The van der Waals surface area contributed by atoms with Crippen LogP contribution in [0.4, 0.5) is 0 Å². The highest BCUT2D eigenvalue weighted by atomic mass is 16.5. The smallest absolute Gasteiger partial charge is 0.122 e. The van der Waals surface area contributed by atoms with Crippen molar-refractivity contribution in [3.05, 3.63) is 29.8 Å². The van der Waals surface area contributed by atoms with E-state index in [0.717, 1.165) is 12.2 Å². The second-order valence-electron chi connectivity index (χ2n) is 7.20. The summed E-state index contributed by atoms with van der Waals surface area (Å²) in [4.78, 5) is 2.41. The minimum Gasteiger partial charge on any atom is -0.496 e. The molecular weight excluding hydrogens is 260 g/mol. The van der Waals surface area contributed by atoms with Gasteiger partial charge in [-0.1, -0.05) is 39.0 Å². The maximum absolute atomic E-state index is 6.24. The van der Waals surface area contributed by atoms with Gasteiger partial charge in [0, 0.05) is 18.1 Å². The number of hydrogen-bond donors (Lipinski definition) is 1. The molecule has 3 heteroatoms. The van der Waals surface area contributed by atoms with E-state index >= 15 is 0 Å². The number of hydrogen-bond acceptors (Lipinski definition) is 3. The second-order valence-corrected chi connectivity index (χ2v) is 7.20. The van der Waals surface area contributed by atoms with Crippen LogP contribution in [-0.2, 0) is 6.42 Å². The van der Waals surface area contributed by atoms with Crippen LogP contribution < -0.4 is 10.5 Å². The number of nitrogens with two attached hydrogens (primary N) is 1. The third-order valence-corrected chi connectivity index (χ3v) is 4.23. The molecule has 1 aromatic carbocycles. The Kier molecular flexibility index (Phi) is 6.24. The summed E-state index contributed by atoms with van der Waals surface area (Å²) in [5, 5.41) is 0. The summed E-state index contributed by atoms with van der Waals surface area (Å²) in [6.07, 6.45) is 0.958. The lowest BCUT2D eigenvalue weighted by Gasteiger charge is -2.43. The lowest BCUT2D eigenvalue weighted by Crippen LogP contribution is -2.55. The monoisotopic (exact) mass is 292 g/mol. The molecule has 0 fully saturated rings. The Bertz CT molecular complexity index is 437. The predicted octanol–water partition coefficient (Wildman–Crippen LogP) is 3.32. The fraction of sp³-hybridized carbons (Fsp3) is 0.667. The Hall–Kier alpha value is -1.06. The van der Waals surface area contributed by atoms with E-state index in [2.05, 4.69) is 58.7 Å². The van der Waals surface area contributed by atoms with Crippen molar-refractivity contribution in [1.82, 2.24) is 4.90 Å². The second kappa shape index (κ2) is 7.28. The number of para-hydroxylation sites is 1. The largest absolute Gasteiger partial charge is 0.496 e. The highest BCUT2D eigenvalue weighted by Gasteiger charge is 2.33. The quantitative estimate of drug-likeness (QED) is 0.874. The third kappa shape index (κ3) is 4.72. The van der Waals surface area contributed by atoms with Gasteiger partial charge >= 0.3 is 0 Å². The number of nitrogens with zero attached hydrogens (tertiary/aromatic N) is 1. The number of benzene rings is 1. The summed E-state index contributed by atoms with van der Waals surface area (Å²) in [5.74, 6) is 0.964. The molecule has 0 heterocycles. The molecular formula is C18H32N2O. The van der Waals surface area contributed by atoms with Gasteiger partial charge in [0.05, 0.1) is 7.11 Å². The van der Waals surface area contributed by atoms with Crippen LogP contribution in [0.3, 0.4) is 0 Å². The lowest BCUT2D eigenvalue weighted by molar-refractivity contribution is 0.0743. The van der Waals surface area contributed by atoms with Gasteiger partial charge in [-0.2, -0.15) is 0 Å². The van der Waals surface area contributed by atoms with Gasteiger partial charge in [0.2, 0.25) is 0 Å². The molecule has 3 atom stereocenters. The first kappa shape index (κ1) is 18.0. The molecule has 0 aliphatic carbocycles. The Morgan fingerprint density at radius 3 is 2.24 bits per heavy atom. The number of ether oxygens (including phenoxy) is 1. The van der Waals surface area contributed by atoms with Gasteiger partial charge < -0.3 is 10.5 Å². The molecule has 2 N–H and O–H groups in total. The van der Waals surface area contributed by atoms with E-state index in [4.69, 9.17) is 10.5 Å². The van der Waals surface area contributed by atoms with Crippen LogP contribution in [0.5, 0.6) is 5.75 Å². The number of likely N-dealkylation sites (N-methyl/N-ethyl adjacent to an activating group) is 1. The van der Waals surface area contributed by atoms with Crippen molar-refractivity contribution in [2.45, 2.75) is 59.2 Å². The van der Waals surface area contributed by atoms with Gasteiger partial charge in [-0.05, 0) is 44.4 Å². The van der Waals surface area contributed by atoms with E-state index in [1.54, 1.807) is 7.11 Å². The van der Waals surface area contributed by atoms with Crippen LogP contribution in [0, 0.1) is 5.41 Å². The van der Waals surface area contributed by atoms with Crippen LogP contribution in [0.15, 0.2) is 24.3 Å². The molecule has 0 amide bonds. The zero-order valence-electron chi connectivity index (χ0n) is 14.7. The first-order valence-corrected chi connectivity index (χ1v) is 7.78. The van der Waals surface area contributed by atoms with Gasteiger partial charge in [0.15, 0.2) is 0 Å². The molecule has 0 saturated heterocycles. The van der Waals surface area contributed by atoms with Crippen LogP contribution >= 0.6 is 0 Å². The summed E-state index contributed by atoms with van der Waals surface area (Å²) < 4.78 is 5.46. The summed E-state index contributed by atoms with van der Waals surface area (Å²) in [7, 11) is 3.91. The highest BCUT2D eigenvalue weighted by Crippen LogP contribution is 2.28. The summed E-state index contributed by atoms with van der Waals surface area (Å²) in [5.41, 5.74) is 7.64. The van der Waals surface area contributed by atoms with Crippen molar-refractivity contribution < 1.29 is 4.74 Å². The fourth-order valence-corrected chi connectivity index (χ4v) is 3.38. The maximum Gasteiger partial charge on any atom is 0.122 e. The Morgan fingerprint density at radius 2 is 1.76 bits per heavy atom. The molecule has 0 aliphatic heterocycles. The minimum absolute atomic E-state index is 0.134. The molecule has 0 radical (unpaired) electrons. The first-order valence-electron chi connectivity index (χ1n) is 7.78. The number of methoxy groups -OCH3 is 1. The van der Waals surface area contributed by atoms with Crippen molar-refractivity contribution in [3.63, 3.8) is 0 Å². The van der Waals surface area contributed by atoms with Crippen LogP contribution in [0.25, 0.3) is 0 Å². The molecule has 3 unspecified atom stereocenters. The molecule has 1 aromatic rings. The van der Waals surface area contributed by atoms with Crippen LogP contribution in [-0.4, -0.2) is 37.2 Å². The van der Waals surface area contributed by atoms with Gasteiger partial charge in [-0.25, -0.2) is 0 Å². The highest BCUT2D eigenvalue weighted by molar-refractivity contribution is 5.33. The van der Waals surface area contributed by atoms with Gasteiger partial charge in [0.25, 0.3) is 0 Å². The normalized spacial score (nSPS) is 16.6. The Labute approximate surface area is 130 Å². The molecule has 1 rings (SSSR count). The average Bonchev–Trinajstić information content (AvgIpc) is 2.37. The minimum atomic E-state index is 0.134. The van der Waals surface area contributed by atoms with E-state index in [0.29, 0.717) is 12.1 Å². The van der Waals surface area contributed by atoms with E-state index in [1.807, 2.05) is 12.1 Å². The maximum atomic E-state index is 6.24. The van der Waals surface area contributed by atoms with Crippen molar-refractivity contribution in [3.8, 4) is 5.75 Å². The summed E-state index contributed by atoms with van der Waals surface area (Å²) in [6.45, 7) is 11.1. The number of rotatable bonds is 6. The van der Waals surface area contributed by atoms with Crippen LogP contribution in [0.2, 0.25) is 0 Å². The third-order valence-electron chi connectivity index (χ3n) is 4.23. The van der Waals surface area contributed by atoms with Crippen molar-refractivity contribution >= 4 is 0 Å². The van der Waals surface area contributed by atoms with Crippen molar-refractivity contribution in [2.75, 3.05) is 14.2 Å². The first-order chi connectivity index (χ1) is 9.68. The van der Waals surface area contributed by atoms with E-state index in [1.165, 1.54) is 5.56 Å². The zero-order valence-corrected chi connectivity index (χ0v) is 14.7. The zero-order chi connectivity index (χ0) is 16.2. The topological polar surface area (TPSA) is 38.5 Å². The summed E-state index contributed by atoms with van der Waals surface area (Å²) >= 11 is 0. The van der Waals surface area contributed by atoms with E-state index in [-0.39, 0.29) is 11.5 Å². The molecule has 0 aliphatic rings. The van der Waals surface area contributed by atoms with Gasteiger partial charge in [-0.3, -0.25) is 4.90 Å². The fourth-order valence-electron chi connectivity index (χ4n) is 3.38. The van der Waals surface area contributed by atoms with Crippen LogP contribution in [0.1, 0.15) is 40.2 Å². The van der Waals surface area contributed by atoms with Gasteiger partial charge in [-0.15, -0.1) is 0 Å². The molecule has 0 spiro atoms. The average molecular weight is 292 g/mol. The molecule has 120 valence electrons. The molecule has 21 heavy (non-hydrogen) atoms. The predicted molar refractivity (Wildman–Crippen MR) is 90.8 cm³/mol. The Balaban J connectivity index is 2.89. The summed E-state index contributed by atoms with van der Waals surface area (Å²) in [6, 6.07) is 9.11. The van der Waals surface area contributed by atoms with E-state index < -0.39 is 0 Å². The van der Waals surface area contributed by atoms with Crippen molar-refractivity contribution in [1.29, 1.82) is 0 Å². The molecule has 3 nitrogen and oxygen atoms in total. The standard InChI is InChI=1S/C18H32N2O/c1-13(12-15-10-8-9-11-16(15)21-7)20(6)17(14(2)19)18(3,4)5/h8-11,13-14,17H,12,19H2,1-7H3. The van der Waals surface area contributed by atoms with Gasteiger partial charge in [0.1, 0.15) is 5.75 Å². The SMILES string of the molecule is COc1ccccc1CC(C)N(C)C(C(C)N)C(C)(C)C. The van der Waals surface area contributed by atoms with E-state index in [9.17, 15) is 0 Å². The molecule has 0 saturated carbocycles. The molecule has 0 bridgehead atoms.